The number of halogens is 2. The van der Waals surface area contributed by atoms with Crippen LogP contribution in [0.25, 0.3) is 0 Å². The number of benzene rings is 1. The Labute approximate surface area is 142 Å². The molecule has 9 heteroatoms. The van der Waals surface area contributed by atoms with Crippen LogP contribution in [-0.4, -0.2) is 49.7 Å². The van der Waals surface area contributed by atoms with Crippen LogP contribution in [0.2, 0.25) is 0 Å². The van der Waals surface area contributed by atoms with Gasteiger partial charge in [0, 0.05) is 32.2 Å². The molecule has 1 fully saturated rings. The van der Waals surface area contributed by atoms with Crippen molar-refractivity contribution < 1.29 is 22.0 Å². The standard InChI is InChI=1S/C15H14F2N2O3S2/c16-11-3-4-14(12(17)10-11)24(21,22)19-7-5-18(6-8-19)15(20)13-2-1-9-23-13/h1-4,9-10H,5-8H2. The van der Waals surface area contributed by atoms with E-state index in [-0.39, 0.29) is 32.1 Å². The van der Waals surface area contributed by atoms with Crippen LogP contribution < -0.4 is 0 Å². The summed E-state index contributed by atoms with van der Waals surface area (Å²) < 4.78 is 52.8. The van der Waals surface area contributed by atoms with Gasteiger partial charge >= 0.3 is 0 Å². The third-order valence-corrected chi connectivity index (χ3v) is 6.56. The minimum absolute atomic E-state index is 0.0657. The van der Waals surface area contributed by atoms with Gasteiger partial charge in [-0.25, -0.2) is 17.2 Å². The number of sulfonamides is 1. The van der Waals surface area contributed by atoms with Crippen molar-refractivity contribution in [2.24, 2.45) is 0 Å². The highest BCUT2D eigenvalue weighted by Crippen LogP contribution is 2.22. The van der Waals surface area contributed by atoms with Crippen LogP contribution in [0.1, 0.15) is 9.67 Å². The van der Waals surface area contributed by atoms with Crippen LogP contribution in [-0.2, 0) is 10.0 Å². The van der Waals surface area contributed by atoms with E-state index in [1.807, 2.05) is 0 Å². The Balaban J connectivity index is 1.73. The lowest BCUT2D eigenvalue weighted by molar-refractivity contribution is 0.0702. The Morgan fingerprint density at radius 2 is 1.79 bits per heavy atom. The van der Waals surface area contributed by atoms with Crippen LogP contribution in [0.4, 0.5) is 8.78 Å². The molecule has 0 radical (unpaired) electrons. The minimum atomic E-state index is -4.06. The zero-order valence-electron chi connectivity index (χ0n) is 12.5. The lowest BCUT2D eigenvalue weighted by Crippen LogP contribution is -2.50. The normalized spacial score (nSPS) is 16.3. The number of carbonyl (C=O) groups excluding carboxylic acids is 1. The molecule has 1 aliphatic rings. The number of carbonyl (C=O) groups is 1. The number of nitrogens with zero attached hydrogens (tertiary/aromatic N) is 2. The van der Waals surface area contributed by atoms with Gasteiger partial charge in [-0.2, -0.15) is 4.31 Å². The van der Waals surface area contributed by atoms with Gasteiger partial charge in [0.15, 0.2) is 0 Å². The smallest absolute Gasteiger partial charge is 0.264 e. The van der Waals surface area contributed by atoms with E-state index in [0.717, 1.165) is 16.4 Å². The van der Waals surface area contributed by atoms with Gasteiger partial charge in [-0.05, 0) is 23.6 Å². The largest absolute Gasteiger partial charge is 0.335 e. The Morgan fingerprint density at radius 1 is 1.08 bits per heavy atom. The molecule has 0 aliphatic carbocycles. The van der Waals surface area contributed by atoms with Crippen molar-refractivity contribution in [1.82, 2.24) is 9.21 Å². The van der Waals surface area contributed by atoms with Crippen molar-refractivity contribution in [2.45, 2.75) is 4.90 Å². The van der Waals surface area contributed by atoms with E-state index >= 15 is 0 Å². The summed E-state index contributed by atoms with van der Waals surface area (Å²) >= 11 is 1.32. The van der Waals surface area contributed by atoms with Gasteiger partial charge in [0.1, 0.15) is 16.5 Å². The molecule has 5 nitrogen and oxygen atoms in total. The van der Waals surface area contributed by atoms with Gasteiger partial charge in [0.05, 0.1) is 4.88 Å². The summed E-state index contributed by atoms with van der Waals surface area (Å²) in [6.07, 6.45) is 0. The average Bonchev–Trinajstić information content (AvgIpc) is 3.08. The van der Waals surface area contributed by atoms with Crippen LogP contribution >= 0.6 is 11.3 Å². The second-order valence-electron chi connectivity index (χ2n) is 5.25. The Hall–Kier alpha value is -1.84. The highest BCUT2D eigenvalue weighted by atomic mass is 32.2. The Bertz CT molecular complexity index is 846. The molecule has 1 aromatic heterocycles. The first-order valence-electron chi connectivity index (χ1n) is 7.17. The summed E-state index contributed by atoms with van der Waals surface area (Å²) in [6.45, 7) is 0.573. The molecule has 1 saturated heterocycles. The van der Waals surface area contributed by atoms with Gasteiger partial charge in [0.2, 0.25) is 10.0 Å². The number of hydrogen-bond acceptors (Lipinski definition) is 4. The lowest BCUT2D eigenvalue weighted by Gasteiger charge is -2.33. The number of amides is 1. The van der Waals surface area contributed by atoms with Crippen molar-refractivity contribution in [3.63, 3.8) is 0 Å². The molecule has 2 aromatic rings. The maximum atomic E-state index is 13.8. The predicted molar refractivity (Wildman–Crippen MR) is 85.3 cm³/mol. The average molecular weight is 372 g/mol. The summed E-state index contributed by atoms with van der Waals surface area (Å²) in [5.74, 6) is -2.10. The maximum Gasteiger partial charge on any atom is 0.264 e. The molecular formula is C15H14F2N2O3S2. The Morgan fingerprint density at radius 3 is 2.38 bits per heavy atom. The van der Waals surface area contributed by atoms with E-state index in [9.17, 15) is 22.0 Å². The first kappa shape index (κ1) is 17.0. The fraction of sp³-hybridized carbons (Fsp3) is 0.267. The van der Waals surface area contributed by atoms with Gasteiger partial charge in [-0.1, -0.05) is 6.07 Å². The molecule has 0 unspecified atom stereocenters. The molecule has 0 N–H and O–H groups in total. The van der Waals surface area contributed by atoms with Crippen LogP contribution in [0.5, 0.6) is 0 Å². The highest BCUT2D eigenvalue weighted by molar-refractivity contribution is 7.89. The quantitative estimate of drug-likeness (QED) is 0.830. The highest BCUT2D eigenvalue weighted by Gasteiger charge is 2.32. The van der Waals surface area contributed by atoms with Crippen LogP contribution in [0.3, 0.4) is 0 Å². The summed E-state index contributed by atoms with van der Waals surface area (Å²) in [6, 6.07) is 5.86. The molecule has 0 bridgehead atoms. The first-order chi connectivity index (χ1) is 11.4. The fourth-order valence-corrected chi connectivity index (χ4v) is 4.67. The molecule has 24 heavy (non-hydrogen) atoms. The predicted octanol–water partition coefficient (Wildman–Crippen LogP) is 2.17. The zero-order valence-corrected chi connectivity index (χ0v) is 14.1. The minimum Gasteiger partial charge on any atom is -0.335 e. The van der Waals surface area contributed by atoms with E-state index in [1.54, 1.807) is 22.4 Å². The van der Waals surface area contributed by atoms with Crippen molar-refractivity contribution in [1.29, 1.82) is 0 Å². The summed E-state index contributed by atoms with van der Waals surface area (Å²) in [5, 5.41) is 1.80. The number of rotatable bonds is 3. The fourth-order valence-electron chi connectivity index (χ4n) is 2.51. The van der Waals surface area contributed by atoms with E-state index in [4.69, 9.17) is 0 Å². The molecule has 1 aliphatic heterocycles. The van der Waals surface area contributed by atoms with E-state index < -0.39 is 26.6 Å². The van der Waals surface area contributed by atoms with Crippen LogP contribution in [0, 0.1) is 11.6 Å². The molecule has 0 spiro atoms. The number of piperazine rings is 1. The second-order valence-corrected chi connectivity index (χ2v) is 8.10. The topological polar surface area (TPSA) is 57.7 Å². The van der Waals surface area contributed by atoms with Crippen molar-refractivity contribution in [3.05, 3.63) is 52.2 Å². The molecule has 3 rings (SSSR count). The molecule has 128 valence electrons. The number of thiophene rings is 1. The molecule has 0 atom stereocenters. The van der Waals surface area contributed by atoms with E-state index in [2.05, 4.69) is 0 Å². The van der Waals surface area contributed by atoms with Gasteiger partial charge in [-0.15, -0.1) is 11.3 Å². The second kappa shape index (κ2) is 6.58. The lowest BCUT2D eigenvalue weighted by atomic mass is 10.3. The van der Waals surface area contributed by atoms with Gasteiger partial charge < -0.3 is 4.90 Å². The van der Waals surface area contributed by atoms with Crippen molar-refractivity contribution in [3.8, 4) is 0 Å². The van der Waals surface area contributed by atoms with Gasteiger partial charge in [-0.3, -0.25) is 4.79 Å². The van der Waals surface area contributed by atoms with Crippen molar-refractivity contribution in [2.75, 3.05) is 26.2 Å². The number of hydrogen-bond donors (Lipinski definition) is 0. The van der Waals surface area contributed by atoms with Crippen LogP contribution in [0.15, 0.2) is 40.6 Å². The maximum absolute atomic E-state index is 13.8. The van der Waals surface area contributed by atoms with E-state index in [0.29, 0.717) is 10.9 Å². The zero-order chi connectivity index (χ0) is 17.3. The summed E-state index contributed by atoms with van der Waals surface area (Å²) in [5.41, 5.74) is 0. The summed E-state index contributed by atoms with van der Waals surface area (Å²) in [4.78, 5) is 13.9. The monoisotopic (exact) mass is 372 g/mol. The SMILES string of the molecule is O=C(c1cccs1)N1CCN(S(=O)(=O)c2ccc(F)cc2F)CC1. The van der Waals surface area contributed by atoms with Crippen molar-refractivity contribution >= 4 is 27.3 Å². The third-order valence-electron chi connectivity index (χ3n) is 3.77. The Kier molecular flexibility index (Phi) is 4.66. The van der Waals surface area contributed by atoms with E-state index in [1.165, 1.54) is 11.3 Å². The van der Waals surface area contributed by atoms with Gasteiger partial charge in [0.25, 0.3) is 5.91 Å². The molecular weight excluding hydrogens is 358 g/mol. The molecule has 1 amide bonds. The third kappa shape index (κ3) is 3.19. The summed E-state index contributed by atoms with van der Waals surface area (Å²) in [7, 11) is -4.06. The molecule has 0 saturated carbocycles. The first-order valence-corrected chi connectivity index (χ1v) is 9.49. The molecule has 1 aromatic carbocycles. The molecule has 2 heterocycles.